The summed E-state index contributed by atoms with van der Waals surface area (Å²) in [6, 6.07) is 4.13. The Labute approximate surface area is 225 Å². The van der Waals surface area contributed by atoms with E-state index in [2.05, 4.69) is 31.7 Å². The molecule has 2 aliphatic rings. The average Bonchev–Trinajstić information content (AvgIpc) is 3.38. The lowest BCUT2D eigenvalue weighted by Crippen LogP contribution is -2.56. The predicted octanol–water partition coefficient (Wildman–Crippen LogP) is 1.55. The summed E-state index contributed by atoms with van der Waals surface area (Å²) in [6.45, 7) is 5.88. The maximum absolute atomic E-state index is 13.2. The van der Waals surface area contributed by atoms with Crippen molar-refractivity contribution in [2.24, 2.45) is 21.5 Å². The van der Waals surface area contributed by atoms with E-state index in [1.165, 1.54) is 7.05 Å². The summed E-state index contributed by atoms with van der Waals surface area (Å²) in [6.07, 6.45) is 6.89. The Morgan fingerprint density at radius 3 is 2.54 bits per heavy atom. The van der Waals surface area contributed by atoms with E-state index >= 15 is 0 Å². The standard InChI is InChI=1S/C24H31Cl2N9O2/c1-15-13-32(14-18(25)31-20(22(28)36)21(27)29-2)11-12-34(15)16-5-8-33(9-6-16)24(37)17-3-4-19(26)35-10-7-30-23(17)35/h3-4,7,10,14-16H,5-6,8-9,11-13H2,1-2H3,(H2,27,29)(H2,28,36)/b18-14+,31-20+. The number of hydrogen-bond acceptors (Lipinski definition) is 7. The molecule has 2 aliphatic heterocycles. The van der Waals surface area contributed by atoms with E-state index in [4.69, 9.17) is 34.7 Å². The minimum Gasteiger partial charge on any atom is -0.382 e. The van der Waals surface area contributed by atoms with Gasteiger partial charge in [0.1, 0.15) is 16.1 Å². The molecule has 0 radical (unpaired) electrons. The van der Waals surface area contributed by atoms with Crippen molar-refractivity contribution in [2.75, 3.05) is 39.8 Å². The molecule has 0 saturated carbocycles. The number of carbonyl (C=O) groups is 2. The number of hydrogen-bond donors (Lipinski definition) is 2. The van der Waals surface area contributed by atoms with Gasteiger partial charge in [0, 0.05) is 70.4 Å². The van der Waals surface area contributed by atoms with Gasteiger partial charge in [0.15, 0.2) is 11.4 Å². The lowest BCUT2D eigenvalue weighted by atomic mass is 9.99. The van der Waals surface area contributed by atoms with Crippen molar-refractivity contribution < 1.29 is 9.59 Å². The van der Waals surface area contributed by atoms with Crippen molar-refractivity contribution in [3.63, 3.8) is 0 Å². The lowest BCUT2D eigenvalue weighted by Gasteiger charge is -2.46. The number of halogens is 2. The molecule has 11 nitrogen and oxygen atoms in total. The number of amides is 2. The highest BCUT2D eigenvalue weighted by Gasteiger charge is 2.33. The van der Waals surface area contributed by atoms with E-state index < -0.39 is 5.91 Å². The van der Waals surface area contributed by atoms with Crippen molar-refractivity contribution in [3.8, 4) is 0 Å². The summed E-state index contributed by atoms with van der Waals surface area (Å²) in [5, 5.41) is 0.632. The second kappa shape index (κ2) is 11.5. The number of nitrogens with zero attached hydrogens (tertiary/aromatic N) is 7. The Balaban J connectivity index is 1.34. The van der Waals surface area contributed by atoms with E-state index in [-0.39, 0.29) is 28.7 Å². The Kier molecular flexibility index (Phi) is 8.35. The number of piperidine rings is 1. The number of piperazine rings is 1. The number of amidine groups is 1. The minimum absolute atomic E-state index is 0.0198. The molecule has 2 fully saturated rings. The van der Waals surface area contributed by atoms with Crippen LogP contribution in [0.4, 0.5) is 0 Å². The van der Waals surface area contributed by atoms with Crippen LogP contribution in [-0.4, -0.2) is 99.3 Å². The van der Waals surface area contributed by atoms with Gasteiger partial charge in [0.05, 0.1) is 5.56 Å². The van der Waals surface area contributed by atoms with Gasteiger partial charge in [0.2, 0.25) is 0 Å². The van der Waals surface area contributed by atoms with Crippen molar-refractivity contribution in [1.29, 1.82) is 0 Å². The summed E-state index contributed by atoms with van der Waals surface area (Å²) in [5.41, 5.74) is 12.0. The van der Waals surface area contributed by atoms with Gasteiger partial charge in [0.25, 0.3) is 11.8 Å². The lowest BCUT2D eigenvalue weighted by molar-refractivity contribution is -0.111. The van der Waals surface area contributed by atoms with Crippen LogP contribution < -0.4 is 11.5 Å². The summed E-state index contributed by atoms with van der Waals surface area (Å²) in [4.78, 5) is 43.4. The molecule has 4 N–H and O–H groups in total. The fraction of sp³-hybridized carbons (Fsp3) is 0.458. The van der Waals surface area contributed by atoms with Gasteiger partial charge in [-0.15, -0.1) is 0 Å². The molecule has 2 aromatic heterocycles. The Morgan fingerprint density at radius 2 is 1.89 bits per heavy atom. The number of aromatic nitrogens is 2. The summed E-state index contributed by atoms with van der Waals surface area (Å²) < 4.78 is 1.72. The summed E-state index contributed by atoms with van der Waals surface area (Å²) in [5.74, 6) is -0.871. The maximum atomic E-state index is 13.2. The fourth-order valence-corrected chi connectivity index (χ4v) is 5.43. The highest BCUT2D eigenvalue weighted by Crippen LogP contribution is 2.25. The topological polar surface area (TPSA) is 138 Å². The first-order valence-electron chi connectivity index (χ1n) is 12.1. The molecule has 0 bridgehead atoms. The zero-order valence-corrected chi connectivity index (χ0v) is 22.4. The van der Waals surface area contributed by atoms with E-state index in [0.717, 1.165) is 32.5 Å². The second-order valence-electron chi connectivity index (χ2n) is 9.18. The summed E-state index contributed by atoms with van der Waals surface area (Å²) >= 11 is 12.5. The molecule has 1 atom stereocenters. The normalized spacial score (nSPS) is 21.1. The average molecular weight is 548 g/mol. The largest absolute Gasteiger partial charge is 0.382 e. The third kappa shape index (κ3) is 5.89. The highest BCUT2D eigenvalue weighted by atomic mass is 35.5. The molecule has 4 rings (SSSR count). The van der Waals surface area contributed by atoms with Crippen LogP contribution in [0.1, 0.15) is 30.1 Å². The Bertz CT molecular complexity index is 1260. The van der Waals surface area contributed by atoms with Crippen LogP contribution in [0.3, 0.4) is 0 Å². The zero-order valence-electron chi connectivity index (χ0n) is 20.8. The minimum atomic E-state index is -0.789. The molecule has 37 heavy (non-hydrogen) atoms. The van der Waals surface area contributed by atoms with Crippen LogP contribution in [0.5, 0.6) is 0 Å². The van der Waals surface area contributed by atoms with Crippen molar-refractivity contribution in [2.45, 2.75) is 31.8 Å². The van der Waals surface area contributed by atoms with Gasteiger partial charge >= 0.3 is 0 Å². The Hall–Kier alpha value is -3.15. The smallest absolute Gasteiger partial charge is 0.271 e. The number of pyridine rings is 1. The number of carbonyl (C=O) groups excluding carboxylic acids is 2. The quantitative estimate of drug-likeness (QED) is 0.243. The van der Waals surface area contributed by atoms with Crippen molar-refractivity contribution >= 4 is 52.2 Å². The molecule has 2 saturated heterocycles. The number of nitrogens with two attached hydrogens (primary N) is 2. The maximum Gasteiger partial charge on any atom is 0.271 e. The highest BCUT2D eigenvalue weighted by molar-refractivity contribution is 6.66. The fourth-order valence-electron chi connectivity index (χ4n) is 5.01. The van der Waals surface area contributed by atoms with Gasteiger partial charge in [-0.2, -0.15) is 0 Å². The molecule has 13 heteroatoms. The number of imidazole rings is 1. The van der Waals surface area contributed by atoms with Crippen LogP contribution in [-0.2, 0) is 4.79 Å². The van der Waals surface area contributed by atoms with Gasteiger partial charge in [-0.1, -0.05) is 23.2 Å². The van der Waals surface area contributed by atoms with E-state index in [0.29, 0.717) is 35.5 Å². The van der Waals surface area contributed by atoms with Crippen LogP contribution >= 0.6 is 23.2 Å². The first kappa shape index (κ1) is 26.9. The van der Waals surface area contributed by atoms with Crippen LogP contribution in [0.2, 0.25) is 5.15 Å². The number of likely N-dealkylation sites (tertiary alicyclic amines) is 1. The molecule has 198 valence electrons. The molecular formula is C24H31Cl2N9O2. The third-order valence-corrected chi connectivity index (χ3v) is 7.38. The van der Waals surface area contributed by atoms with Gasteiger partial charge < -0.3 is 21.3 Å². The molecule has 0 aromatic carbocycles. The molecule has 2 amide bonds. The molecule has 0 aliphatic carbocycles. The van der Waals surface area contributed by atoms with E-state index in [1.54, 1.807) is 35.1 Å². The molecule has 0 spiro atoms. The molecule has 2 aromatic rings. The van der Waals surface area contributed by atoms with Crippen molar-refractivity contribution in [1.82, 2.24) is 24.1 Å². The predicted molar refractivity (Wildman–Crippen MR) is 145 cm³/mol. The summed E-state index contributed by atoms with van der Waals surface area (Å²) in [7, 11) is 1.45. The number of primary amides is 1. The van der Waals surface area contributed by atoms with Crippen LogP contribution in [0.15, 0.2) is 45.9 Å². The zero-order chi connectivity index (χ0) is 26.7. The first-order chi connectivity index (χ1) is 17.7. The molecular weight excluding hydrogens is 517 g/mol. The SMILES string of the molecule is CN=C(N)/C(=N\C(Cl)=C\N1CCN(C2CCN(C(=O)c3ccc(Cl)n4ccnc34)CC2)C(C)C1)C(N)=O. The number of aliphatic imine (C=N–C) groups is 2. The van der Waals surface area contributed by atoms with Crippen LogP contribution in [0, 0.1) is 0 Å². The molecule has 4 heterocycles. The third-order valence-electron chi connectivity index (χ3n) is 6.89. The van der Waals surface area contributed by atoms with E-state index in [1.807, 2.05) is 4.90 Å². The van der Waals surface area contributed by atoms with Gasteiger partial charge in [-0.3, -0.25) is 23.9 Å². The second-order valence-corrected chi connectivity index (χ2v) is 9.96. The van der Waals surface area contributed by atoms with Crippen molar-refractivity contribution in [3.05, 3.63) is 46.6 Å². The van der Waals surface area contributed by atoms with Crippen LogP contribution in [0.25, 0.3) is 5.65 Å². The Morgan fingerprint density at radius 1 is 1.16 bits per heavy atom. The monoisotopic (exact) mass is 547 g/mol. The van der Waals surface area contributed by atoms with Gasteiger partial charge in [-0.25, -0.2) is 9.98 Å². The first-order valence-corrected chi connectivity index (χ1v) is 12.8. The van der Waals surface area contributed by atoms with E-state index in [9.17, 15) is 9.59 Å². The number of fused-ring (bicyclic) bond motifs is 1. The number of rotatable bonds is 6. The van der Waals surface area contributed by atoms with Gasteiger partial charge in [-0.05, 0) is 31.9 Å². The molecule has 1 unspecified atom stereocenters.